The van der Waals surface area contributed by atoms with Crippen LogP contribution in [0.1, 0.15) is 78.1 Å². The van der Waals surface area contributed by atoms with E-state index in [0.29, 0.717) is 23.2 Å². The summed E-state index contributed by atoms with van der Waals surface area (Å²) >= 11 is 0. The normalized spacial score (nSPS) is 44.0. The highest BCUT2D eigenvalue weighted by Crippen LogP contribution is 2.65. The van der Waals surface area contributed by atoms with Gasteiger partial charge in [0, 0.05) is 11.8 Å². The Balaban J connectivity index is 1.62. The molecule has 5 atom stereocenters. The summed E-state index contributed by atoms with van der Waals surface area (Å²) in [6, 6.07) is 0. The second-order valence-electron chi connectivity index (χ2n) is 9.28. The van der Waals surface area contributed by atoms with Crippen LogP contribution in [-0.2, 0) is 4.79 Å². The number of carboxylic acid groups (broad SMARTS) is 1. The van der Waals surface area contributed by atoms with Crippen LogP contribution in [0.15, 0.2) is 23.3 Å². The SMILES string of the molecule is C[C@]12CCCC=C1CC[C@@H]1C2=CC[C@]2(C)[C@@H](CCC(=O)O)CC[C@@H]12. The Morgan fingerprint density at radius 3 is 2.88 bits per heavy atom. The van der Waals surface area contributed by atoms with E-state index in [1.165, 1.54) is 51.4 Å². The van der Waals surface area contributed by atoms with Gasteiger partial charge in [0.2, 0.25) is 0 Å². The van der Waals surface area contributed by atoms with E-state index in [4.69, 9.17) is 5.11 Å². The van der Waals surface area contributed by atoms with Crippen molar-refractivity contribution in [1.29, 1.82) is 0 Å². The predicted octanol–water partition coefficient (Wildman–Crippen LogP) is 5.74. The Labute approximate surface area is 146 Å². The third kappa shape index (κ3) is 2.32. The summed E-state index contributed by atoms with van der Waals surface area (Å²) < 4.78 is 0. The van der Waals surface area contributed by atoms with Crippen molar-refractivity contribution in [3.8, 4) is 0 Å². The fourth-order valence-corrected chi connectivity index (χ4v) is 6.92. The summed E-state index contributed by atoms with van der Waals surface area (Å²) in [5, 5.41) is 9.09. The van der Waals surface area contributed by atoms with E-state index in [0.717, 1.165) is 18.3 Å². The van der Waals surface area contributed by atoms with Crippen molar-refractivity contribution in [3.05, 3.63) is 23.3 Å². The maximum Gasteiger partial charge on any atom is 0.303 e. The summed E-state index contributed by atoms with van der Waals surface area (Å²) in [6.07, 6.45) is 16.7. The van der Waals surface area contributed by atoms with Gasteiger partial charge in [0.1, 0.15) is 0 Å². The molecule has 4 rings (SSSR count). The summed E-state index contributed by atoms with van der Waals surface area (Å²) in [4.78, 5) is 11.0. The van der Waals surface area contributed by atoms with Gasteiger partial charge in [-0.25, -0.2) is 0 Å². The number of hydrogen-bond acceptors (Lipinski definition) is 1. The van der Waals surface area contributed by atoms with Gasteiger partial charge in [-0.05, 0) is 81.0 Å². The molecule has 0 spiro atoms. The zero-order valence-electron chi connectivity index (χ0n) is 15.3. The van der Waals surface area contributed by atoms with Crippen molar-refractivity contribution < 1.29 is 9.90 Å². The van der Waals surface area contributed by atoms with Crippen LogP contribution in [-0.4, -0.2) is 11.1 Å². The highest BCUT2D eigenvalue weighted by atomic mass is 16.4. The van der Waals surface area contributed by atoms with Gasteiger partial charge in [-0.1, -0.05) is 37.1 Å². The fourth-order valence-electron chi connectivity index (χ4n) is 6.92. The average molecular weight is 328 g/mol. The van der Waals surface area contributed by atoms with E-state index in [1.807, 2.05) is 0 Å². The van der Waals surface area contributed by atoms with E-state index in [2.05, 4.69) is 26.0 Å². The van der Waals surface area contributed by atoms with Crippen molar-refractivity contribution in [1.82, 2.24) is 0 Å². The molecule has 0 amide bonds. The quantitative estimate of drug-likeness (QED) is 0.671. The van der Waals surface area contributed by atoms with Crippen LogP contribution in [0.3, 0.4) is 0 Å². The first-order valence-corrected chi connectivity index (χ1v) is 10.1. The Morgan fingerprint density at radius 1 is 1.25 bits per heavy atom. The average Bonchev–Trinajstić information content (AvgIpc) is 2.89. The van der Waals surface area contributed by atoms with Gasteiger partial charge >= 0.3 is 5.97 Å². The molecule has 0 aromatic rings. The second kappa shape index (κ2) is 5.75. The molecular weight excluding hydrogens is 296 g/mol. The van der Waals surface area contributed by atoms with Gasteiger partial charge in [0.05, 0.1) is 0 Å². The monoisotopic (exact) mass is 328 g/mol. The van der Waals surface area contributed by atoms with E-state index < -0.39 is 5.97 Å². The molecule has 2 saturated carbocycles. The van der Waals surface area contributed by atoms with E-state index >= 15 is 0 Å². The molecule has 0 bridgehead atoms. The number of rotatable bonds is 3. The van der Waals surface area contributed by atoms with Gasteiger partial charge in [-0.3, -0.25) is 4.79 Å². The molecule has 0 saturated heterocycles. The maximum absolute atomic E-state index is 11.0. The summed E-state index contributed by atoms with van der Waals surface area (Å²) in [5.74, 6) is 1.53. The first-order chi connectivity index (χ1) is 11.4. The Kier molecular flexibility index (Phi) is 3.93. The fraction of sp³-hybridized carbons (Fsp3) is 0.773. The molecule has 0 heterocycles. The summed E-state index contributed by atoms with van der Waals surface area (Å²) in [5.41, 5.74) is 4.18. The van der Waals surface area contributed by atoms with Crippen molar-refractivity contribution in [2.45, 2.75) is 78.1 Å². The van der Waals surface area contributed by atoms with Crippen LogP contribution >= 0.6 is 0 Å². The zero-order chi connectivity index (χ0) is 16.9. The minimum absolute atomic E-state index is 0.343. The lowest BCUT2D eigenvalue weighted by molar-refractivity contribution is -0.137. The molecule has 2 nitrogen and oxygen atoms in total. The van der Waals surface area contributed by atoms with Crippen LogP contribution in [0, 0.1) is 28.6 Å². The van der Waals surface area contributed by atoms with E-state index in [-0.39, 0.29) is 0 Å². The Hall–Kier alpha value is -1.05. The molecule has 0 aromatic heterocycles. The molecule has 2 fully saturated rings. The number of allylic oxidation sites excluding steroid dienone is 4. The topological polar surface area (TPSA) is 37.3 Å². The number of carbonyl (C=O) groups is 1. The van der Waals surface area contributed by atoms with Crippen LogP contribution in [0.25, 0.3) is 0 Å². The lowest BCUT2D eigenvalue weighted by atomic mass is 9.51. The largest absolute Gasteiger partial charge is 0.481 e. The zero-order valence-corrected chi connectivity index (χ0v) is 15.3. The van der Waals surface area contributed by atoms with Gasteiger partial charge < -0.3 is 5.11 Å². The van der Waals surface area contributed by atoms with Crippen molar-refractivity contribution >= 4 is 5.97 Å². The molecule has 0 radical (unpaired) electrons. The minimum Gasteiger partial charge on any atom is -0.481 e. The summed E-state index contributed by atoms with van der Waals surface area (Å²) in [6.45, 7) is 4.98. The highest BCUT2D eigenvalue weighted by molar-refractivity contribution is 5.66. The molecule has 4 aliphatic rings. The van der Waals surface area contributed by atoms with Gasteiger partial charge in [-0.15, -0.1) is 0 Å². The number of fused-ring (bicyclic) bond motifs is 5. The van der Waals surface area contributed by atoms with Gasteiger partial charge in [-0.2, -0.15) is 0 Å². The van der Waals surface area contributed by atoms with E-state index in [9.17, 15) is 4.79 Å². The predicted molar refractivity (Wildman–Crippen MR) is 96.7 cm³/mol. The van der Waals surface area contributed by atoms with Crippen LogP contribution < -0.4 is 0 Å². The Bertz CT molecular complexity index is 601. The van der Waals surface area contributed by atoms with Crippen LogP contribution in [0.2, 0.25) is 0 Å². The molecule has 132 valence electrons. The third-order valence-electron chi connectivity index (χ3n) is 8.30. The smallest absolute Gasteiger partial charge is 0.303 e. The molecular formula is C22H32O2. The van der Waals surface area contributed by atoms with Crippen molar-refractivity contribution in [3.63, 3.8) is 0 Å². The standard InChI is InChI=1S/C22H32O2/c1-21-13-4-3-5-15(21)6-9-17-18-10-7-16(8-11-20(23)24)22(18,2)14-12-19(17)21/h5,12,16-18H,3-4,6-11,13-14H2,1-2H3,(H,23,24)/t16-,17+,18+,21+,22-/m1/s1. The second-order valence-corrected chi connectivity index (χ2v) is 9.28. The molecule has 0 aromatic carbocycles. The first kappa shape index (κ1) is 16.4. The number of hydrogen-bond donors (Lipinski definition) is 1. The van der Waals surface area contributed by atoms with Gasteiger partial charge in [0.15, 0.2) is 0 Å². The van der Waals surface area contributed by atoms with Crippen molar-refractivity contribution in [2.75, 3.05) is 0 Å². The lowest BCUT2D eigenvalue weighted by Gasteiger charge is -2.53. The van der Waals surface area contributed by atoms with E-state index in [1.54, 1.807) is 11.1 Å². The summed E-state index contributed by atoms with van der Waals surface area (Å²) in [7, 11) is 0. The Morgan fingerprint density at radius 2 is 2.08 bits per heavy atom. The van der Waals surface area contributed by atoms with Crippen LogP contribution in [0.5, 0.6) is 0 Å². The van der Waals surface area contributed by atoms with Gasteiger partial charge in [0.25, 0.3) is 0 Å². The maximum atomic E-state index is 11.0. The molecule has 0 aliphatic heterocycles. The third-order valence-corrected chi connectivity index (χ3v) is 8.30. The van der Waals surface area contributed by atoms with Crippen molar-refractivity contribution in [2.24, 2.45) is 28.6 Å². The first-order valence-electron chi connectivity index (χ1n) is 10.1. The minimum atomic E-state index is -0.628. The number of aliphatic carboxylic acids is 1. The molecule has 0 unspecified atom stereocenters. The lowest BCUT2D eigenvalue weighted by Crippen LogP contribution is -2.44. The number of carboxylic acids is 1. The molecule has 2 heteroatoms. The molecule has 1 N–H and O–H groups in total. The van der Waals surface area contributed by atoms with Crippen LogP contribution in [0.4, 0.5) is 0 Å². The molecule has 24 heavy (non-hydrogen) atoms. The highest BCUT2D eigenvalue weighted by Gasteiger charge is 2.55. The molecule has 4 aliphatic carbocycles.